The van der Waals surface area contributed by atoms with Crippen LogP contribution in [0, 0.1) is 76.9 Å². The summed E-state index contributed by atoms with van der Waals surface area (Å²) >= 11 is 0. The molecule has 2 unspecified atom stereocenters. The van der Waals surface area contributed by atoms with E-state index in [0.29, 0.717) is 103 Å². The maximum Gasteiger partial charge on any atom is 0.246 e. The van der Waals surface area contributed by atoms with Gasteiger partial charge in [0.1, 0.15) is 35.6 Å². The molecule has 0 aromatic heterocycles. The lowest BCUT2D eigenvalue weighted by atomic mass is 10.2. The van der Waals surface area contributed by atoms with Gasteiger partial charge in [-0.2, -0.15) is 0 Å². The van der Waals surface area contributed by atoms with E-state index in [2.05, 4.69) is 81.3 Å². The first kappa shape index (κ1) is 82.6. The quantitative estimate of drug-likeness (QED) is 0.0148. The summed E-state index contributed by atoms with van der Waals surface area (Å²) in [7, 11) is 9.88. The molecule has 0 rings (SSSR count). The van der Waals surface area contributed by atoms with E-state index in [0.717, 1.165) is 17.3 Å². The summed E-state index contributed by atoms with van der Waals surface area (Å²) in [5, 5.41) is 16.7. The molecule has 18 nitrogen and oxygen atoms in total. The van der Waals surface area contributed by atoms with Gasteiger partial charge < -0.3 is 60.3 Å². The van der Waals surface area contributed by atoms with Crippen LogP contribution in [-0.2, 0) is 57.2 Å². The number of hydrogen-bond donors (Lipinski definition) is 6. The van der Waals surface area contributed by atoms with Gasteiger partial charge in [-0.3, -0.25) is 28.8 Å². The van der Waals surface area contributed by atoms with Gasteiger partial charge in [-0.25, -0.2) is 0 Å². The summed E-state index contributed by atoms with van der Waals surface area (Å²) in [4.78, 5) is 68.6. The second-order valence-electron chi connectivity index (χ2n) is 20.2. The maximum absolute atomic E-state index is 11.6. The molecule has 468 valence electrons. The van der Waals surface area contributed by atoms with Gasteiger partial charge in [0.25, 0.3) is 0 Å². The van der Waals surface area contributed by atoms with Gasteiger partial charge in [-0.05, 0) is 26.7 Å². The van der Waals surface area contributed by atoms with E-state index in [9.17, 15) is 28.8 Å². The van der Waals surface area contributed by atoms with Crippen molar-refractivity contribution in [2.24, 2.45) is 41.4 Å². The first-order valence-corrected chi connectivity index (χ1v) is 34.8. The van der Waals surface area contributed by atoms with Crippen molar-refractivity contribution in [2.75, 3.05) is 116 Å². The van der Waals surface area contributed by atoms with Gasteiger partial charge in [0, 0.05) is 72.4 Å². The number of rotatable bonds is 40. The standard InChI is InChI=1S/C20H36N2O4S2.C19H34N2O4S2.C18H32N2O4S2/c1-15(2)8-7-9-21-18(23)14-25-11-12-26-20(17(5)6)28-27-13-10-22-19(24)16(3)4;1-15(2)8-7-9-20-17(22)14-24-11-12-25-19(5,6)27-26-13-10-21-18(23)16(3)4;1-14(2)7-6-8-19-17(21)13-23-10-11-24-16(5)26-25-12-9-20-18(22)15(3)4/h15-17,20H,9-14H2,1-6H3,(H,21,23)(H,22,24);15-16H,9-14H2,1-6H3,(H,20,22)(H,21,23);14-16H,8-13H2,1-5H3,(H,19,21)(H,20,22). The van der Waals surface area contributed by atoms with Crippen molar-refractivity contribution < 1.29 is 57.2 Å². The van der Waals surface area contributed by atoms with E-state index in [4.69, 9.17) is 28.4 Å². The molecule has 0 bridgehead atoms. The fraction of sp³-hybridized carbons (Fsp3) is 0.789. The third kappa shape index (κ3) is 61.7. The molecular weight excluding hydrogens is 1150 g/mol. The van der Waals surface area contributed by atoms with Crippen molar-refractivity contribution in [1.82, 2.24) is 31.9 Å². The van der Waals surface area contributed by atoms with Crippen LogP contribution in [0.25, 0.3) is 0 Å². The Labute approximate surface area is 512 Å². The van der Waals surface area contributed by atoms with Crippen molar-refractivity contribution in [1.29, 1.82) is 0 Å². The SMILES string of the molecule is CC(C)C#CCNC(=O)COCCOC(C)(C)SSCCNC(=O)C(C)C.CC(C)C#CCNC(=O)COCCOC(C)SSCCNC(=O)C(C)C.CC(C)C#CCNC(=O)COCCOC(SSCCNC(=O)C(C)C)C(C)C. The van der Waals surface area contributed by atoms with Crippen molar-refractivity contribution in [2.45, 2.75) is 134 Å². The van der Waals surface area contributed by atoms with Crippen LogP contribution in [0.4, 0.5) is 0 Å². The van der Waals surface area contributed by atoms with Crippen molar-refractivity contribution in [3.8, 4) is 35.5 Å². The molecule has 0 aromatic carbocycles. The molecule has 0 aromatic rings. The predicted octanol–water partition coefficient (Wildman–Crippen LogP) is 7.91. The van der Waals surface area contributed by atoms with E-state index in [1.807, 2.05) is 104 Å². The molecule has 0 radical (unpaired) electrons. The topological polar surface area (TPSA) is 230 Å². The second-order valence-corrected chi connectivity index (χ2v) is 28.5. The number of nitrogens with one attached hydrogen (secondary N) is 6. The summed E-state index contributed by atoms with van der Waals surface area (Å²) < 4.78 is 33.1. The third-order valence-electron chi connectivity index (χ3n) is 8.96. The van der Waals surface area contributed by atoms with Crippen LogP contribution in [0.5, 0.6) is 0 Å². The van der Waals surface area contributed by atoms with Crippen LogP contribution in [0.3, 0.4) is 0 Å². The minimum Gasteiger partial charge on any atom is -0.369 e. The zero-order valence-corrected chi connectivity index (χ0v) is 56.7. The maximum atomic E-state index is 11.6. The molecule has 0 aliphatic heterocycles. The summed E-state index contributed by atoms with van der Waals surface area (Å²) in [5.74, 6) is 21.1. The number of hydrogen-bond acceptors (Lipinski definition) is 18. The van der Waals surface area contributed by atoms with Gasteiger partial charge in [-0.15, -0.1) is 0 Å². The molecule has 81 heavy (non-hydrogen) atoms. The van der Waals surface area contributed by atoms with E-state index in [1.165, 1.54) is 0 Å². The van der Waals surface area contributed by atoms with Crippen molar-refractivity contribution >= 4 is 100 Å². The Kier molecular flexibility index (Phi) is 56.3. The molecule has 0 heterocycles. The van der Waals surface area contributed by atoms with Gasteiger partial charge in [0.05, 0.1) is 59.3 Å². The lowest BCUT2D eigenvalue weighted by Crippen LogP contribution is -2.30. The summed E-state index contributed by atoms with van der Waals surface area (Å²) in [6.07, 6.45) is 0. The fourth-order valence-corrected chi connectivity index (χ4v) is 11.4. The lowest BCUT2D eigenvalue weighted by Gasteiger charge is -2.23. The molecule has 0 aliphatic rings. The fourth-order valence-electron chi connectivity index (χ4n) is 4.77. The van der Waals surface area contributed by atoms with E-state index < -0.39 is 0 Å². The molecule has 0 spiro atoms. The smallest absolute Gasteiger partial charge is 0.246 e. The molecular formula is C57H102N6O12S6. The Balaban J connectivity index is -0.00000113. The predicted molar refractivity (Wildman–Crippen MR) is 343 cm³/mol. The highest BCUT2D eigenvalue weighted by Gasteiger charge is 2.20. The highest BCUT2D eigenvalue weighted by molar-refractivity contribution is 8.77. The molecule has 0 aliphatic carbocycles. The Morgan fingerprint density at radius 1 is 0.432 bits per heavy atom. The van der Waals surface area contributed by atoms with Gasteiger partial charge >= 0.3 is 0 Å². The van der Waals surface area contributed by atoms with Crippen LogP contribution in [-0.4, -0.2) is 167 Å². The average molecular weight is 1260 g/mol. The van der Waals surface area contributed by atoms with Gasteiger partial charge in [0.15, 0.2) is 0 Å². The van der Waals surface area contributed by atoms with Crippen LogP contribution in [0.1, 0.15) is 118 Å². The molecule has 2 atom stereocenters. The average Bonchev–Trinajstić information content (AvgIpc) is 3.38. The molecule has 6 amide bonds. The van der Waals surface area contributed by atoms with E-state index in [1.54, 1.807) is 64.8 Å². The van der Waals surface area contributed by atoms with Crippen LogP contribution in [0.2, 0.25) is 0 Å². The van der Waals surface area contributed by atoms with Gasteiger partial charge in [0.2, 0.25) is 35.4 Å². The number of carbonyl (C=O) groups is 6. The zero-order chi connectivity index (χ0) is 61.9. The number of amides is 6. The number of carbonyl (C=O) groups excluding carboxylic acids is 6. The summed E-state index contributed by atoms with van der Waals surface area (Å²) in [6, 6.07) is 0. The largest absolute Gasteiger partial charge is 0.369 e. The Morgan fingerprint density at radius 2 is 0.778 bits per heavy atom. The third-order valence-corrected chi connectivity index (χ3v) is 17.5. The lowest BCUT2D eigenvalue weighted by molar-refractivity contribution is -0.126. The second kappa shape index (κ2) is 55.2. The molecule has 0 saturated carbocycles. The van der Waals surface area contributed by atoms with E-state index in [-0.39, 0.29) is 88.8 Å². The first-order chi connectivity index (χ1) is 38.2. The minimum atomic E-state index is -0.370. The van der Waals surface area contributed by atoms with E-state index >= 15 is 0 Å². The number of ether oxygens (including phenoxy) is 6. The summed E-state index contributed by atoms with van der Waals surface area (Å²) in [5.41, 5.74) is 0.0547. The Hall–Kier alpha value is -2.64. The monoisotopic (exact) mass is 1250 g/mol. The Bertz CT molecular complexity index is 1880. The van der Waals surface area contributed by atoms with Crippen LogP contribution in [0.15, 0.2) is 0 Å². The molecule has 0 saturated heterocycles. The first-order valence-electron chi connectivity index (χ1n) is 27.8. The normalized spacial score (nSPS) is 11.7. The van der Waals surface area contributed by atoms with Gasteiger partial charge in [-0.1, -0.05) is 197 Å². The molecule has 24 heteroatoms. The zero-order valence-electron chi connectivity index (χ0n) is 51.8. The van der Waals surface area contributed by atoms with Crippen molar-refractivity contribution in [3.63, 3.8) is 0 Å². The highest BCUT2D eigenvalue weighted by atomic mass is 33.1. The Morgan fingerprint density at radius 3 is 1.14 bits per heavy atom. The van der Waals surface area contributed by atoms with Crippen LogP contribution >= 0.6 is 64.8 Å². The summed E-state index contributed by atoms with van der Waals surface area (Å²) in [6.45, 7) is 38.8. The minimum absolute atomic E-state index is 0.00455. The molecule has 6 N–H and O–H groups in total. The molecule has 0 fully saturated rings. The highest BCUT2D eigenvalue weighted by Crippen LogP contribution is 2.36. The van der Waals surface area contributed by atoms with Crippen molar-refractivity contribution in [3.05, 3.63) is 0 Å². The van der Waals surface area contributed by atoms with Crippen LogP contribution < -0.4 is 31.9 Å².